The summed E-state index contributed by atoms with van der Waals surface area (Å²) in [7, 11) is 1.42. The van der Waals surface area contributed by atoms with Gasteiger partial charge in [-0.25, -0.2) is 4.98 Å². The lowest BCUT2D eigenvalue weighted by Gasteiger charge is -2.32. The van der Waals surface area contributed by atoms with E-state index in [1.807, 2.05) is 24.3 Å². The number of nitrogens with one attached hydrogen (secondary N) is 2. The highest BCUT2D eigenvalue weighted by Gasteiger charge is 2.45. The molecule has 5 aromatic heterocycles. The predicted molar refractivity (Wildman–Crippen MR) is 208 cm³/mol. The van der Waals surface area contributed by atoms with E-state index in [-0.39, 0.29) is 22.3 Å². The average Bonchev–Trinajstić information content (AvgIpc) is 3.52. The van der Waals surface area contributed by atoms with E-state index in [1.54, 1.807) is 25.6 Å². The Bertz CT molecular complexity index is 2530. The van der Waals surface area contributed by atoms with Crippen LogP contribution in [0.25, 0.3) is 22.2 Å². The fourth-order valence-electron chi connectivity index (χ4n) is 7.72. The molecule has 2 fully saturated rings. The number of aryl methyl sites for hydroxylation is 1. The largest absolute Gasteiger partial charge is 0.503 e. The van der Waals surface area contributed by atoms with Crippen LogP contribution in [0.4, 0.5) is 0 Å². The highest BCUT2D eigenvalue weighted by Crippen LogP contribution is 2.50. The molecule has 1 aromatic carbocycles. The third-order valence-electron chi connectivity index (χ3n) is 10.8. The first-order valence-corrected chi connectivity index (χ1v) is 18.7. The Morgan fingerprint density at radius 2 is 1.54 bits per heavy atom. The Balaban J connectivity index is 0.000000172. The number of rotatable bonds is 10. The summed E-state index contributed by atoms with van der Waals surface area (Å²) in [6.45, 7) is 5.12. The van der Waals surface area contributed by atoms with Crippen LogP contribution in [-0.2, 0) is 24.0 Å². The van der Waals surface area contributed by atoms with Gasteiger partial charge in [0.1, 0.15) is 5.65 Å². The van der Waals surface area contributed by atoms with E-state index in [4.69, 9.17) is 4.42 Å². The second kappa shape index (κ2) is 15.3. The SMILES string of the molecule is CCNC(=O)c1nn(CC2(n3cc(C)c4cccnc43)CCCC2)cc(O)c1=O.CNC(=O)c1nn(CC2(c3cccc(-c4ccoc4)c3)CC2)cc(O)c1=O. The van der Waals surface area contributed by atoms with Crippen molar-refractivity contribution < 1.29 is 24.2 Å². The van der Waals surface area contributed by atoms with Gasteiger partial charge >= 0.3 is 0 Å². The summed E-state index contributed by atoms with van der Waals surface area (Å²) in [6.07, 6.45) is 15.8. The lowest BCUT2D eigenvalue weighted by molar-refractivity contribution is 0.0940. The first kappa shape index (κ1) is 37.8. The van der Waals surface area contributed by atoms with E-state index in [1.165, 1.54) is 28.8 Å². The molecule has 0 saturated heterocycles. The van der Waals surface area contributed by atoms with Crippen molar-refractivity contribution in [1.29, 1.82) is 0 Å². The molecule has 0 spiro atoms. The number of amides is 2. The first-order valence-electron chi connectivity index (χ1n) is 18.7. The fraction of sp³-hybridized carbons (Fsp3) is 0.341. The lowest BCUT2D eigenvalue weighted by atomic mass is 9.93. The van der Waals surface area contributed by atoms with E-state index in [2.05, 4.69) is 61.7 Å². The molecule has 2 saturated carbocycles. The molecule has 8 rings (SSSR count). The first-order chi connectivity index (χ1) is 27.0. The molecule has 56 heavy (non-hydrogen) atoms. The van der Waals surface area contributed by atoms with E-state index in [0.29, 0.717) is 19.6 Å². The molecular formula is C41H44N8O7. The Morgan fingerprint density at radius 1 is 0.857 bits per heavy atom. The Labute approximate surface area is 321 Å². The maximum Gasteiger partial charge on any atom is 0.275 e. The number of benzene rings is 1. The number of nitrogens with zero attached hydrogens (tertiary/aromatic N) is 6. The molecule has 15 nitrogen and oxygen atoms in total. The van der Waals surface area contributed by atoms with Gasteiger partial charge in [-0.1, -0.05) is 37.1 Å². The molecular weight excluding hydrogens is 716 g/mol. The standard InChI is InChI=1S/C21H25N5O3.C20H19N3O4/c1-3-22-20(29)17-18(28)16(27)12-25(24-17)13-21(8-4-5-9-21)26-11-14(2)15-7-6-10-23-19(15)26;1-21-19(26)17-18(25)16(24)10-23(22-17)12-20(6-7-20)15-4-2-3-13(9-15)14-5-8-27-11-14/h6-7,10-12,27H,3-5,8-9,13H2,1-2H3,(H,22,29);2-5,8-11,24H,6-7,12H2,1H3,(H,21,26). The number of pyridine rings is 1. The molecule has 6 aromatic rings. The number of hydrogen-bond donors (Lipinski definition) is 4. The maximum absolute atomic E-state index is 12.2. The Kier molecular flexibility index (Phi) is 10.3. The van der Waals surface area contributed by atoms with Gasteiger partial charge in [-0.3, -0.25) is 28.5 Å². The number of carbonyl (C=O) groups excluding carboxylic acids is 2. The topological polar surface area (TPSA) is 199 Å². The number of aromatic nitrogens is 6. The van der Waals surface area contributed by atoms with Gasteiger partial charge < -0.3 is 29.8 Å². The van der Waals surface area contributed by atoms with Crippen molar-refractivity contribution in [3.63, 3.8) is 0 Å². The molecule has 290 valence electrons. The zero-order valence-electron chi connectivity index (χ0n) is 31.5. The third-order valence-corrected chi connectivity index (χ3v) is 10.8. The molecule has 4 N–H and O–H groups in total. The van der Waals surface area contributed by atoms with Crippen molar-refractivity contribution in [3.8, 4) is 22.6 Å². The van der Waals surface area contributed by atoms with E-state index in [0.717, 1.165) is 71.8 Å². The van der Waals surface area contributed by atoms with Gasteiger partial charge in [0.2, 0.25) is 0 Å². The van der Waals surface area contributed by atoms with E-state index in [9.17, 15) is 29.4 Å². The van der Waals surface area contributed by atoms with Crippen LogP contribution < -0.4 is 21.5 Å². The van der Waals surface area contributed by atoms with Crippen molar-refractivity contribution in [1.82, 2.24) is 39.7 Å². The molecule has 0 radical (unpaired) electrons. The van der Waals surface area contributed by atoms with Crippen LogP contribution in [0.1, 0.15) is 77.6 Å². The van der Waals surface area contributed by atoms with Crippen LogP contribution in [0.2, 0.25) is 0 Å². The molecule has 2 amide bonds. The summed E-state index contributed by atoms with van der Waals surface area (Å²) >= 11 is 0. The van der Waals surface area contributed by atoms with Crippen LogP contribution in [0.5, 0.6) is 11.5 Å². The molecule has 5 heterocycles. The Morgan fingerprint density at radius 3 is 2.16 bits per heavy atom. The zero-order valence-corrected chi connectivity index (χ0v) is 31.5. The van der Waals surface area contributed by atoms with Crippen molar-refractivity contribution in [3.05, 3.63) is 123 Å². The van der Waals surface area contributed by atoms with Crippen LogP contribution in [0, 0.1) is 6.92 Å². The number of furan rings is 1. The van der Waals surface area contributed by atoms with Crippen molar-refractivity contribution in [2.45, 2.75) is 76.4 Å². The zero-order chi connectivity index (χ0) is 39.6. The summed E-state index contributed by atoms with van der Waals surface area (Å²) in [5, 5.41) is 34.5. The molecule has 2 aliphatic rings. The van der Waals surface area contributed by atoms with Crippen molar-refractivity contribution in [2.24, 2.45) is 0 Å². The number of aromatic hydroxyl groups is 2. The van der Waals surface area contributed by atoms with Gasteiger partial charge in [0.25, 0.3) is 22.7 Å². The van der Waals surface area contributed by atoms with Gasteiger partial charge in [-0.05, 0) is 74.4 Å². The highest BCUT2D eigenvalue weighted by molar-refractivity contribution is 5.92. The van der Waals surface area contributed by atoms with Gasteiger partial charge in [-0.15, -0.1) is 0 Å². The summed E-state index contributed by atoms with van der Waals surface area (Å²) in [5.41, 5.74) is 2.77. The van der Waals surface area contributed by atoms with Gasteiger partial charge in [0.15, 0.2) is 22.9 Å². The van der Waals surface area contributed by atoms with Crippen LogP contribution in [0.3, 0.4) is 0 Å². The minimum Gasteiger partial charge on any atom is -0.503 e. The minimum absolute atomic E-state index is 0.131. The van der Waals surface area contributed by atoms with E-state index >= 15 is 0 Å². The van der Waals surface area contributed by atoms with Crippen molar-refractivity contribution >= 4 is 22.8 Å². The van der Waals surface area contributed by atoms with Gasteiger partial charge in [0.05, 0.1) is 43.5 Å². The van der Waals surface area contributed by atoms with Crippen LogP contribution in [-0.4, -0.2) is 64.7 Å². The summed E-state index contributed by atoms with van der Waals surface area (Å²) < 4.78 is 10.4. The quantitative estimate of drug-likeness (QED) is 0.153. The summed E-state index contributed by atoms with van der Waals surface area (Å²) in [4.78, 5) is 52.8. The number of fused-ring (bicyclic) bond motifs is 1. The monoisotopic (exact) mass is 760 g/mol. The fourth-order valence-corrected chi connectivity index (χ4v) is 7.72. The second-order valence-electron chi connectivity index (χ2n) is 14.6. The smallest absolute Gasteiger partial charge is 0.275 e. The molecule has 0 unspecified atom stereocenters. The maximum atomic E-state index is 12.2. The number of hydrogen-bond acceptors (Lipinski definition) is 10. The van der Waals surface area contributed by atoms with E-state index < -0.39 is 34.2 Å². The van der Waals surface area contributed by atoms with Crippen LogP contribution in [0.15, 0.2) is 93.8 Å². The predicted octanol–water partition coefficient (Wildman–Crippen LogP) is 4.63. The Hall–Kier alpha value is -6.51. The highest BCUT2D eigenvalue weighted by atomic mass is 16.3. The molecule has 0 atom stereocenters. The molecule has 0 aliphatic heterocycles. The minimum atomic E-state index is -0.766. The van der Waals surface area contributed by atoms with Crippen LogP contribution >= 0.6 is 0 Å². The average molecular weight is 761 g/mol. The summed E-state index contributed by atoms with van der Waals surface area (Å²) in [6, 6.07) is 14.1. The van der Waals surface area contributed by atoms with Gasteiger partial charge in [0, 0.05) is 42.4 Å². The van der Waals surface area contributed by atoms with Crippen molar-refractivity contribution in [2.75, 3.05) is 13.6 Å². The normalized spacial score (nSPS) is 15.2. The lowest BCUT2D eigenvalue weighted by Crippen LogP contribution is -2.38. The van der Waals surface area contributed by atoms with Gasteiger partial charge in [-0.2, -0.15) is 10.2 Å². The second-order valence-corrected chi connectivity index (χ2v) is 14.6. The molecule has 15 heteroatoms. The number of carbonyl (C=O) groups is 2. The third kappa shape index (κ3) is 7.31. The molecule has 2 aliphatic carbocycles. The molecule has 0 bridgehead atoms. The summed E-state index contributed by atoms with van der Waals surface area (Å²) in [5.74, 6) is -2.14.